The molecule has 4 nitrogen and oxygen atoms in total. The van der Waals surface area contributed by atoms with E-state index in [1.165, 1.54) is 13.2 Å². The second-order valence-corrected chi connectivity index (χ2v) is 6.25. The third-order valence-electron chi connectivity index (χ3n) is 4.79. The number of carbonyl (C=O) groups is 1. The van der Waals surface area contributed by atoms with Gasteiger partial charge in [-0.2, -0.15) is 0 Å². The van der Waals surface area contributed by atoms with Crippen LogP contribution in [0.2, 0.25) is 0 Å². The number of halogens is 1. The van der Waals surface area contributed by atoms with Gasteiger partial charge in [0.1, 0.15) is 24.2 Å². The van der Waals surface area contributed by atoms with Crippen molar-refractivity contribution >= 4 is 5.97 Å². The molecule has 1 heterocycles. The van der Waals surface area contributed by atoms with Gasteiger partial charge >= 0.3 is 5.97 Å². The summed E-state index contributed by atoms with van der Waals surface area (Å²) in [6, 6.07) is 14.3. The molecule has 0 radical (unpaired) electrons. The fourth-order valence-electron chi connectivity index (χ4n) is 3.32. The Morgan fingerprint density at radius 1 is 1.16 bits per heavy atom. The molecule has 1 unspecified atom stereocenters. The number of esters is 1. The van der Waals surface area contributed by atoms with Crippen molar-refractivity contribution in [1.82, 2.24) is 4.90 Å². The zero-order valence-corrected chi connectivity index (χ0v) is 14.4. The van der Waals surface area contributed by atoms with Gasteiger partial charge in [-0.05, 0) is 43.7 Å². The smallest absolute Gasteiger partial charge is 0.323 e. The summed E-state index contributed by atoms with van der Waals surface area (Å²) in [5.41, 5.74) is 1.66. The van der Waals surface area contributed by atoms with Crippen molar-refractivity contribution in [2.75, 3.05) is 14.2 Å². The van der Waals surface area contributed by atoms with Gasteiger partial charge in [-0.3, -0.25) is 9.69 Å². The minimum Gasteiger partial charge on any atom is -0.489 e. The molecule has 5 heteroatoms. The number of carbonyl (C=O) groups excluding carboxylic acids is 1. The van der Waals surface area contributed by atoms with Crippen LogP contribution >= 0.6 is 0 Å². The second kappa shape index (κ2) is 7.66. The Balaban J connectivity index is 1.63. The largest absolute Gasteiger partial charge is 0.489 e. The van der Waals surface area contributed by atoms with E-state index in [4.69, 9.17) is 9.47 Å². The number of rotatable bonds is 5. The molecule has 2 atom stereocenters. The van der Waals surface area contributed by atoms with E-state index in [-0.39, 0.29) is 30.5 Å². The number of hydrogen-bond acceptors (Lipinski definition) is 4. The lowest BCUT2D eigenvalue weighted by Gasteiger charge is -2.24. The van der Waals surface area contributed by atoms with Crippen molar-refractivity contribution in [3.05, 3.63) is 65.5 Å². The third-order valence-corrected chi connectivity index (χ3v) is 4.79. The fourth-order valence-corrected chi connectivity index (χ4v) is 3.32. The van der Waals surface area contributed by atoms with E-state index >= 15 is 0 Å². The fraction of sp³-hybridized carbons (Fsp3) is 0.350. The predicted molar refractivity (Wildman–Crippen MR) is 92.7 cm³/mol. The Bertz CT molecular complexity index is 732. The molecule has 1 saturated heterocycles. The number of nitrogens with zero attached hydrogens (tertiary/aromatic N) is 1. The molecule has 3 rings (SSSR count). The van der Waals surface area contributed by atoms with Crippen molar-refractivity contribution in [2.24, 2.45) is 0 Å². The minimum atomic E-state index is -0.263. The molecule has 132 valence electrons. The maximum Gasteiger partial charge on any atom is 0.323 e. The number of likely N-dealkylation sites (tertiary alicyclic amines) is 1. The van der Waals surface area contributed by atoms with Crippen LogP contribution < -0.4 is 4.74 Å². The van der Waals surface area contributed by atoms with E-state index in [9.17, 15) is 9.18 Å². The first-order valence-corrected chi connectivity index (χ1v) is 8.36. The van der Waals surface area contributed by atoms with Gasteiger partial charge in [0.15, 0.2) is 0 Å². The summed E-state index contributed by atoms with van der Waals surface area (Å²) in [4.78, 5) is 13.8. The van der Waals surface area contributed by atoms with Crippen molar-refractivity contribution in [3.63, 3.8) is 0 Å². The normalized spacial score (nSPS) is 20.4. The third kappa shape index (κ3) is 3.82. The standard InChI is InChI=1S/C20H22FNO3/c1-22-18(11-12-19(22)20(23)24-2)14-7-9-16(10-8-14)25-13-15-5-3-4-6-17(15)21/h3-10,18-19H,11-13H2,1-2H3/t18?,19-/m0/s1. The molecule has 1 aliphatic heterocycles. The van der Waals surface area contributed by atoms with Crippen LogP contribution in [0, 0.1) is 5.82 Å². The summed E-state index contributed by atoms with van der Waals surface area (Å²) in [6.45, 7) is 0.194. The topological polar surface area (TPSA) is 38.8 Å². The number of likely N-dealkylation sites (N-methyl/N-ethyl adjacent to an activating group) is 1. The lowest BCUT2D eigenvalue weighted by Crippen LogP contribution is -2.35. The van der Waals surface area contributed by atoms with Crippen LogP contribution in [0.1, 0.15) is 30.0 Å². The maximum absolute atomic E-state index is 13.6. The number of benzene rings is 2. The Hall–Kier alpha value is -2.40. The molecular formula is C20H22FNO3. The van der Waals surface area contributed by atoms with Gasteiger partial charge in [-0.25, -0.2) is 4.39 Å². The van der Waals surface area contributed by atoms with Crippen LogP contribution in [-0.2, 0) is 16.1 Å². The molecule has 0 N–H and O–H groups in total. The summed E-state index contributed by atoms with van der Waals surface area (Å²) in [5.74, 6) is 0.243. The SMILES string of the molecule is COC(=O)[C@@H]1CCC(c2ccc(OCc3ccccc3F)cc2)N1C. The first-order chi connectivity index (χ1) is 12.1. The molecule has 2 aromatic rings. The molecule has 2 aromatic carbocycles. The zero-order valence-electron chi connectivity index (χ0n) is 14.4. The first-order valence-electron chi connectivity index (χ1n) is 8.36. The van der Waals surface area contributed by atoms with E-state index in [1.54, 1.807) is 18.2 Å². The van der Waals surface area contributed by atoms with Gasteiger partial charge in [0, 0.05) is 11.6 Å². The maximum atomic E-state index is 13.6. The molecule has 1 fully saturated rings. The summed E-state index contributed by atoms with van der Waals surface area (Å²) < 4.78 is 24.1. The van der Waals surface area contributed by atoms with Gasteiger partial charge in [0.2, 0.25) is 0 Å². The molecular weight excluding hydrogens is 321 g/mol. The number of ether oxygens (including phenoxy) is 2. The Kier molecular flexibility index (Phi) is 5.34. The first kappa shape index (κ1) is 17.4. The van der Waals surface area contributed by atoms with Crippen LogP contribution in [0.15, 0.2) is 48.5 Å². The van der Waals surface area contributed by atoms with Gasteiger partial charge in [0.05, 0.1) is 7.11 Å². The van der Waals surface area contributed by atoms with Gasteiger partial charge in [-0.15, -0.1) is 0 Å². The predicted octanol–water partition coefficient (Wildman–Crippen LogP) is 3.71. The van der Waals surface area contributed by atoms with Crippen molar-refractivity contribution in [3.8, 4) is 5.75 Å². The highest BCUT2D eigenvalue weighted by atomic mass is 19.1. The Morgan fingerprint density at radius 2 is 1.88 bits per heavy atom. The summed E-state index contributed by atoms with van der Waals surface area (Å²) >= 11 is 0. The lowest BCUT2D eigenvalue weighted by atomic mass is 10.0. The lowest BCUT2D eigenvalue weighted by molar-refractivity contribution is -0.145. The van der Waals surface area contributed by atoms with E-state index in [1.807, 2.05) is 31.3 Å². The molecule has 0 saturated carbocycles. The summed E-state index contributed by atoms with van der Waals surface area (Å²) in [6.07, 6.45) is 1.70. The second-order valence-electron chi connectivity index (χ2n) is 6.25. The summed E-state index contributed by atoms with van der Waals surface area (Å²) in [5, 5.41) is 0. The Morgan fingerprint density at radius 3 is 2.56 bits per heavy atom. The Labute approximate surface area is 147 Å². The van der Waals surface area contributed by atoms with Gasteiger partial charge in [0.25, 0.3) is 0 Å². The van der Waals surface area contributed by atoms with Gasteiger partial charge in [-0.1, -0.05) is 30.3 Å². The van der Waals surface area contributed by atoms with E-state index in [2.05, 4.69) is 4.90 Å². The monoisotopic (exact) mass is 343 g/mol. The number of methoxy groups -OCH3 is 1. The van der Waals surface area contributed by atoms with Crippen LogP contribution in [0.3, 0.4) is 0 Å². The van der Waals surface area contributed by atoms with Crippen molar-refractivity contribution < 1.29 is 18.7 Å². The molecule has 0 spiro atoms. The van der Waals surface area contributed by atoms with Crippen molar-refractivity contribution in [2.45, 2.75) is 31.5 Å². The van der Waals surface area contributed by atoms with Crippen LogP contribution in [0.25, 0.3) is 0 Å². The number of hydrogen-bond donors (Lipinski definition) is 0. The average molecular weight is 343 g/mol. The van der Waals surface area contributed by atoms with Crippen LogP contribution in [0.4, 0.5) is 4.39 Å². The molecule has 0 amide bonds. The van der Waals surface area contributed by atoms with Crippen LogP contribution in [-0.4, -0.2) is 31.1 Å². The highest BCUT2D eigenvalue weighted by Gasteiger charge is 2.36. The minimum absolute atomic E-state index is 0.185. The van der Waals surface area contributed by atoms with Crippen molar-refractivity contribution in [1.29, 1.82) is 0 Å². The summed E-state index contributed by atoms with van der Waals surface area (Å²) in [7, 11) is 3.37. The quantitative estimate of drug-likeness (QED) is 0.776. The zero-order chi connectivity index (χ0) is 17.8. The molecule has 0 aromatic heterocycles. The van der Waals surface area contributed by atoms with E-state index in [0.717, 1.165) is 18.4 Å². The average Bonchev–Trinajstić information content (AvgIpc) is 3.02. The van der Waals surface area contributed by atoms with Gasteiger partial charge < -0.3 is 9.47 Å². The molecule has 25 heavy (non-hydrogen) atoms. The van der Waals surface area contributed by atoms with Crippen LogP contribution in [0.5, 0.6) is 5.75 Å². The highest BCUT2D eigenvalue weighted by Crippen LogP contribution is 2.35. The molecule has 0 bridgehead atoms. The molecule has 0 aliphatic carbocycles. The van der Waals surface area contributed by atoms with E-state index in [0.29, 0.717) is 11.3 Å². The van der Waals surface area contributed by atoms with E-state index < -0.39 is 0 Å². The highest BCUT2D eigenvalue weighted by molar-refractivity contribution is 5.76. The molecule has 1 aliphatic rings.